The topological polar surface area (TPSA) is 19.0 Å². The van der Waals surface area contributed by atoms with E-state index in [0.29, 0.717) is 0 Å². The van der Waals surface area contributed by atoms with E-state index in [2.05, 4.69) is 40.2 Å². The molecule has 0 saturated carbocycles. The number of allylic oxidation sites excluding steroid dienone is 1. The molecule has 2 heteroatoms. The van der Waals surface area contributed by atoms with Crippen molar-refractivity contribution in [2.24, 2.45) is 0 Å². The minimum absolute atomic E-state index is 1.18. The molecule has 0 unspecified atom stereocenters. The van der Waals surface area contributed by atoms with Gasteiger partial charge in [0.05, 0.1) is 11.4 Å². The Morgan fingerprint density at radius 3 is 3.06 bits per heavy atom. The molecule has 0 aliphatic carbocycles. The van der Waals surface area contributed by atoms with Crippen LogP contribution in [0.5, 0.6) is 0 Å². The van der Waals surface area contributed by atoms with Crippen LogP contribution >= 0.6 is 0 Å². The maximum atomic E-state index is 3.61. The zero-order chi connectivity index (χ0) is 11.2. The molecule has 2 nitrogen and oxygen atoms in total. The number of rotatable bonds is 0. The van der Waals surface area contributed by atoms with E-state index >= 15 is 0 Å². The summed E-state index contributed by atoms with van der Waals surface area (Å²) in [5, 5.41) is 1.41. The van der Waals surface area contributed by atoms with Crippen LogP contribution < -0.4 is 0 Å². The van der Waals surface area contributed by atoms with Crippen LogP contribution in [-0.2, 0) is 6.42 Å². The third-order valence-electron chi connectivity index (χ3n) is 4.01. The number of H-pyrrole nitrogens is 1. The number of hydrogen-bond donors (Lipinski definition) is 1. The van der Waals surface area contributed by atoms with E-state index in [9.17, 15) is 0 Å². The summed E-state index contributed by atoms with van der Waals surface area (Å²) < 4.78 is 0. The Bertz CT molecular complexity index is 606. The zero-order valence-electron chi connectivity index (χ0n) is 9.87. The molecule has 2 aromatic rings. The highest BCUT2D eigenvalue weighted by atomic mass is 15.2. The van der Waals surface area contributed by atoms with Crippen LogP contribution in [0.15, 0.2) is 30.3 Å². The van der Waals surface area contributed by atoms with E-state index in [1.807, 2.05) is 0 Å². The standard InChI is InChI=1S/C15H16N2/c1-2-6-13-11(5-1)12-8-10-17-9-4-3-7-14(17)15(12)16-13/h1-2,5-7,16H,3-4,8-10H2. The molecule has 1 aromatic carbocycles. The number of aromatic amines is 1. The highest BCUT2D eigenvalue weighted by Gasteiger charge is 2.25. The van der Waals surface area contributed by atoms with Crippen LogP contribution in [0.25, 0.3) is 16.6 Å². The van der Waals surface area contributed by atoms with Crippen LogP contribution in [0.2, 0.25) is 0 Å². The molecule has 1 N–H and O–H groups in total. The van der Waals surface area contributed by atoms with Gasteiger partial charge in [-0.3, -0.25) is 0 Å². The number of aromatic nitrogens is 1. The Morgan fingerprint density at radius 1 is 1.12 bits per heavy atom. The number of nitrogens with zero attached hydrogens (tertiary/aromatic N) is 1. The van der Waals surface area contributed by atoms with Crippen LogP contribution in [0.4, 0.5) is 0 Å². The highest BCUT2D eigenvalue weighted by Crippen LogP contribution is 2.35. The van der Waals surface area contributed by atoms with Gasteiger partial charge >= 0.3 is 0 Å². The SMILES string of the molecule is C1=C2c3[nH]c4ccccc4c3CCN2CCC1. The normalized spacial score (nSPS) is 18.8. The molecule has 0 bridgehead atoms. The first-order valence-corrected chi connectivity index (χ1v) is 6.48. The predicted molar refractivity (Wildman–Crippen MR) is 70.8 cm³/mol. The summed E-state index contributed by atoms with van der Waals surface area (Å²) in [5.74, 6) is 0. The van der Waals surface area contributed by atoms with Gasteiger partial charge in [0, 0.05) is 24.0 Å². The fourth-order valence-electron chi connectivity index (χ4n) is 3.19. The molecule has 2 aliphatic rings. The van der Waals surface area contributed by atoms with Crippen LogP contribution in [-0.4, -0.2) is 23.0 Å². The Labute approximate surface area is 101 Å². The minimum atomic E-state index is 1.18. The second-order valence-electron chi connectivity index (χ2n) is 4.99. The Balaban J connectivity index is 1.98. The molecule has 0 spiro atoms. The number of benzene rings is 1. The summed E-state index contributed by atoms with van der Waals surface area (Å²) in [6, 6.07) is 8.67. The first kappa shape index (κ1) is 9.34. The average molecular weight is 224 g/mol. The van der Waals surface area contributed by atoms with E-state index in [1.54, 1.807) is 0 Å². The van der Waals surface area contributed by atoms with Gasteiger partial charge in [-0.2, -0.15) is 0 Å². The molecular weight excluding hydrogens is 208 g/mol. The fraction of sp³-hybridized carbons (Fsp3) is 0.333. The van der Waals surface area contributed by atoms with Crippen molar-refractivity contribution in [3.05, 3.63) is 41.6 Å². The third kappa shape index (κ3) is 1.27. The third-order valence-corrected chi connectivity index (χ3v) is 4.01. The van der Waals surface area contributed by atoms with Crippen LogP contribution in [0.1, 0.15) is 24.1 Å². The largest absolute Gasteiger partial charge is 0.370 e. The summed E-state index contributed by atoms with van der Waals surface area (Å²) in [6.45, 7) is 2.40. The average Bonchev–Trinajstić information content (AvgIpc) is 2.78. The van der Waals surface area contributed by atoms with Crippen molar-refractivity contribution in [3.63, 3.8) is 0 Å². The lowest BCUT2D eigenvalue weighted by atomic mass is 9.98. The van der Waals surface area contributed by atoms with Gasteiger partial charge < -0.3 is 9.88 Å². The van der Waals surface area contributed by atoms with E-state index in [-0.39, 0.29) is 0 Å². The molecule has 0 atom stereocenters. The first-order valence-electron chi connectivity index (χ1n) is 6.48. The van der Waals surface area contributed by atoms with Crippen molar-refractivity contribution in [1.82, 2.24) is 9.88 Å². The van der Waals surface area contributed by atoms with Gasteiger partial charge in [-0.25, -0.2) is 0 Å². The molecule has 2 aliphatic heterocycles. The minimum Gasteiger partial charge on any atom is -0.370 e. The van der Waals surface area contributed by atoms with Crippen molar-refractivity contribution in [2.45, 2.75) is 19.3 Å². The van der Waals surface area contributed by atoms with Gasteiger partial charge in [0.1, 0.15) is 0 Å². The molecule has 0 saturated heterocycles. The molecule has 0 fully saturated rings. The maximum Gasteiger partial charge on any atom is 0.0658 e. The summed E-state index contributed by atoms with van der Waals surface area (Å²) in [4.78, 5) is 6.13. The lowest BCUT2D eigenvalue weighted by Crippen LogP contribution is -2.32. The van der Waals surface area contributed by atoms with Crippen molar-refractivity contribution >= 4 is 16.6 Å². The Morgan fingerprint density at radius 2 is 2.06 bits per heavy atom. The van der Waals surface area contributed by atoms with Gasteiger partial charge in [-0.05, 0) is 30.9 Å². The number of hydrogen-bond acceptors (Lipinski definition) is 1. The van der Waals surface area contributed by atoms with Gasteiger partial charge in [0.15, 0.2) is 0 Å². The highest BCUT2D eigenvalue weighted by molar-refractivity contribution is 5.89. The number of fused-ring (bicyclic) bond motifs is 5. The maximum absolute atomic E-state index is 3.61. The van der Waals surface area contributed by atoms with Gasteiger partial charge in [0.2, 0.25) is 0 Å². The first-order chi connectivity index (χ1) is 8.43. The van der Waals surface area contributed by atoms with E-state index in [0.717, 1.165) is 0 Å². The van der Waals surface area contributed by atoms with Gasteiger partial charge in [-0.15, -0.1) is 0 Å². The fourth-order valence-corrected chi connectivity index (χ4v) is 3.19. The van der Waals surface area contributed by atoms with Crippen LogP contribution in [0.3, 0.4) is 0 Å². The molecule has 17 heavy (non-hydrogen) atoms. The second-order valence-corrected chi connectivity index (χ2v) is 4.99. The predicted octanol–water partition coefficient (Wildman–Crippen LogP) is 3.16. The molecule has 0 radical (unpaired) electrons. The Hall–Kier alpha value is -1.70. The number of nitrogens with one attached hydrogen (secondary N) is 1. The lowest BCUT2D eigenvalue weighted by molar-refractivity contribution is 0.369. The number of para-hydroxylation sites is 1. The summed E-state index contributed by atoms with van der Waals surface area (Å²) in [5.41, 5.74) is 5.61. The Kier molecular flexibility index (Phi) is 1.87. The molecular formula is C15H16N2. The summed E-state index contributed by atoms with van der Waals surface area (Å²) in [6.07, 6.45) is 6.10. The summed E-state index contributed by atoms with van der Waals surface area (Å²) in [7, 11) is 0. The monoisotopic (exact) mass is 224 g/mol. The van der Waals surface area contributed by atoms with Crippen molar-refractivity contribution in [3.8, 4) is 0 Å². The molecule has 3 heterocycles. The van der Waals surface area contributed by atoms with Crippen molar-refractivity contribution in [2.75, 3.05) is 13.1 Å². The van der Waals surface area contributed by atoms with E-state index in [4.69, 9.17) is 0 Å². The second kappa shape index (κ2) is 3.39. The molecule has 86 valence electrons. The lowest BCUT2D eigenvalue weighted by Gasteiger charge is -2.34. The van der Waals surface area contributed by atoms with E-state index in [1.165, 1.54) is 60.2 Å². The smallest absolute Gasteiger partial charge is 0.0658 e. The van der Waals surface area contributed by atoms with Crippen molar-refractivity contribution in [1.29, 1.82) is 0 Å². The van der Waals surface area contributed by atoms with Gasteiger partial charge in [0.25, 0.3) is 0 Å². The van der Waals surface area contributed by atoms with Gasteiger partial charge in [-0.1, -0.05) is 24.3 Å². The van der Waals surface area contributed by atoms with Crippen molar-refractivity contribution < 1.29 is 0 Å². The summed E-state index contributed by atoms with van der Waals surface area (Å²) >= 11 is 0. The van der Waals surface area contributed by atoms with E-state index < -0.39 is 0 Å². The quantitative estimate of drug-likeness (QED) is 0.728. The molecule has 1 aromatic heterocycles. The molecule has 0 amide bonds. The zero-order valence-corrected chi connectivity index (χ0v) is 9.87. The van der Waals surface area contributed by atoms with Crippen LogP contribution in [0, 0.1) is 0 Å². The molecule has 4 rings (SSSR count).